The van der Waals surface area contributed by atoms with Crippen molar-refractivity contribution < 1.29 is 4.79 Å². The summed E-state index contributed by atoms with van der Waals surface area (Å²) < 4.78 is 0. The zero-order valence-corrected chi connectivity index (χ0v) is 8.96. The molecule has 3 nitrogen and oxygen atoms in total. The summed E-state index contributed by atoms with van der Waals surface area (Å²) >= 11 is 0. The zero-order chi connectivity index (χ0) is 10.4. The Morgan fingerprint density at radius 3 is 3.07 bits per heavy atom. The van der Waals surface area contributed by atoms with Crippen LogP contribution in [0.4, 0.5) is 0 Å². The molecule has 3 heteroatoms. The van der Waals surface area contributed by atoms with Crippen LogP contribution in [0, 0.1) is 0 Å². The van der Waals surface area contributed by atoms with Gasteiger partial charge in [-0.2, -0.15) is 0 Å². The second kappa shape index (κ2) is 5.81. The maximum absolute atomic E-state index is 11.5. The Hall–Kier alpha value is -0.830. The van der Waals surface area contributed by atoms with E-state index in [1.807, 2.05) is 11.9 Å². The number of carbonyl (C=O) groups is 1. The Morgan fingerprint density at radius 1 is 1.71 bits per heavy atom. The molecular formula is C11H20N2O. The van der Waals surface area contributed by atoms with Gasteiger partial charge in [-0.05, 0) is 25.8 Å². The van der Waals surface area contributed by atoms with E-state index in [1.54, 1.807) is 6.08 Å². The molecule has 0 aliphatic carbocycles. The third-order valence-electron chi connectivity index (χ3n) is 2.64. The number of allylic oxidation sites excluding steroid dienone is 1. The summed E-state index contributed by atoms with van der Waals surface area (Å²) in [5.41, 5.74) is 0. The molecule has 0 aromatic rings. The maximum Gasteiger partial charge on any atom is 0.222 e. The number of carbonyl (C=O) groups excluding carboxylic acids is 1. The predicted molar refractivity (Wildman–Crippen MR) is 58.1 cm³/mol. The minimum atomic E-state index is 0.221. The Kier molecular flexibility index (Phi) is 4.66. The Balaban J connectivity index is 2.21. The Bertz CT molecular complexity index is 197. The van der Waals surface area contributed by atoms with Gasteiger partial charge in [0.15, 0.2) is 0 Å². The van der Waals surface area contributed by atoms with Gasteiger partial charge in [-0.15, -0.1) is 6.58 Å². The van der Waals surface area contributed by atoms with Crippen LogP contribution in [0.15, 0.2) is 12.7 Å². The molecule has 80 valence electrons. The molecule has 0 saturated carbocycles. The second-order valence-corrected chi connectivity index (χ2v) is 3.89. The SMILES string of the molecule is C=CCCC(=O)N(C)CC1CCCN1. The summed E-state index contributed by atoms with van der Waals surface area (Å²) in [4.78, 5) is 13.4. The normalized spacial score (nSPS) is 20.8. The van der Waals surface area contributed by atoms with E-state index < -0.39 is 0 Å². The Morgan fingerprint density at radius 2 is 2.50 bits per heavy atom. The molecule has 1 saturated heterocycles. The lowest BCUT2D eigenvalue weighted by molar-refractivity contribution is -0.130. The average molecular weight is 196 g/mol. The molecule has 1 atom stereocenters. The summed E-state index contributed by atoms with van der Waals surface area (Å²) in [7, 11) is 1.88. The van der Waals surface area contributed by atoms with Crippen LogP contribution in [0.2, 0.25) is 0 Å². The number of likely N-dealkylation sites (N-methyl/N-ethyl adjacent to an activating group) is 1. The second-order valence-electron chi connectivity index (χ2n) is 3.89. The summed E-state index contributed by atoms with van der Waals surface area (Å²) in [6.45, 7) is 5.55. The third kappa shape index (κ3) is 3.50. The van der Waals surface area contributed by atoms with Crippen molar-refractivity contribution >= 4 is 5.91 Å². The van der Waals surface area contributed by atoms with E-state index in [1.165, 1.54) is 12.8 Å². The molecule has 1 unspecified atom stereocenters. The summed E-state index contributed by atoms with van der Waals surface area (Å²) in [5, 5.41) is 3.38. The molecule has 0 radical (unpaired) electrons. The van der Waals surface area contributed by atoms with Crippen molar-refractivity contribution in [3.63, 3.8) is 0 Å². The highest BCUT2D eigenvalue weighted by Gasteiger charge is 2.17. The van der Waals surface area contributed by atoms with Crippen molar-refractivity contribution in [2.45, 2.75) is 31.7 Å². The first kappa shape index (κ1) is 11.2. The maximum atomic E-state index is 11.5. The molecular weight excluding hydrogens is 176 g/mol. The minimum Gasteiger partial charge on any atom is -0.344 e. The van der Waals surface area contributed by atoms with E-state index in [-0.39, 0.29) is 5.91 Å². The van der Waals surface area contributed by atoms with E-state index >= 15 is 0 Å². The molecule has 1 amide bonds. The quantitative estimate of drug-likeness (QED) is 0.669. The molecule has 1 heterocycles. The first-order chi connectivity index (χ1) is 6.74. The van der Waals surface area contributed by atoms with Crippen LogP contribution in [0.25, 0.3) is 0 Å². The van der Waals surface area contributed by atoms with Gasteiger partial charge in [-0.25, -0.2) is 0 Å². The minimum absolute atomic E-state index is 0.221. The number of rotatable bonds is 5. The average Bonchev–Trinajstić information content (AvgIpc) is 2.66. The monoisotopic (exact) mass is 196 g/mol. The fourth-order valence-corrected chi connectivity index (χ4v) is 1.76. The zero-order valence-electron chi connectivity index (χ0n) is 8.96. The van der Waals surface area contributed by atoms with E-state index in [0.717, 1.165) is 19.5 Å². The summed E-state index contributed by atoms with van der Waals surface area (Å²) in [6.07, 6.45) is 5.59. The molecule has 0 bridgehead atoms. The highest BCUT2D eigenvalue weighted by molar-refractivity contribution is 5.76. The molecule has 0 aromatic heterocycles. The predicted octanol–water partition coefficient (Wildman–Crippen LogP) is 1.16. The number of hydrogen-bond donors (Lipinski definition) is 1. The van der Waals surface area contributed by atoms with Gasteiger partial charge in [0, 0.05) is 26.1 Å². The highest BCUT2D eigenvalue weighted by atomic mass is 16.2. The lowest BCUT2D eigenvalue weighted by atomic mass is 10.2. The lowest BCUT2D eigenvalue weighted by Gasteiger charge is -2.21. The fourth-order valence-electron chi connectivity index (χ4n) is 1.76. The van der Waals surface area contributed by atoms with Gasteiger partial charge in [-0.1, -0.05) is 6.08 Å². The molecule has 0 spiro atoms. The van der Waals surface area contributed by atoms with Gasteiger partial charge in [0.2, 0.25) is 5.91 Å². The largest absolute Gasteiger partial charge is 0.344 e. The van der Waals surface area contributed by atoms with Crippen molar-refractivity contribution in [2.75, 3.05) is 20.1 Å². The number of nitrogens with one attached hydrogen (secondary N) is 1. The van der Waals surface area contributed by atoms with Crippen molar-refractivity contribution in [2.24, 2.45) is 0 Å². The van der Waals surface area contributed by atoms with Crippen LogP contribution in [-0.2, 0) is 4.79 Å². The van der Waals surface area contributed by atoms with Crippen LogP contribution in [-0.4, -0.2) is 37.0 Å². The fraction of sp³-hybridized carbons (Fsp3) is 0.727. The van der Waals surface area contributed by atoms with Gasteiger partial charge in [0.05, 0.1) is 0 Å². The summed E-state index contributed by atoms with van der Waals surface area (Å²) in [5.74, 6) is 0.221. The first-order valence-electron chi connectivity index (χ1n) is 5.32. The van der Waals surface area contributed by atoms with Gasteiger partial charge in [0.25, 0.3) is 0 Å². The van der Waals surface area contributed by atoms with Gasteiger partial charge >= 0.3 is 0 Å². The van der Waals surface area contributed by atoms with Crippen molar-refractivity contribution in [3.05, 3.63) is 12.7 Å². The van der Waals surface area contributed by atoms with Gasteiger partial charge in [-0.3, -0.25) is 4.79 Å². The number of amides is 1. The molecule has 1 aliphatic rings. The molecule has 1 aliphatic heterocycles. The molecule has 1 N–H and O–H groups in total. The number of hydrogen-bond acceptors (Lipinski definition) is 2. The van der Waals surface area contributed by atoms with E-state index in [2.05, 4.69) is 11.9 Å². The van der Waals surface area contributed by atoms with Crippen LogP contribution < -0.4 is 5.32 Å². The van der Waals surface area contributed by atoms with Gasteiger partial charge < -0.3 is 10.2 Å². The Labute approximate surface area is 86.2 Å². The van der Waals surface area contributed by atoms with Crippen LogP contribution in [0.1, 0.15) is 25.7 Å². The molecule has 14 heavy (non-hydrogen) atoms. The van der Waals surface area contributed by atoms with Crippen LogP contribution in [0.5, 0.6) is 0 Å². The van der Waals surface area contributed by atoms with Crippen molar-refractivity contribution in [1.29, 1.82) is 0 Å². The number of nitrogens with zero attached hydrogens (tertiary/aromatic N) is 1. The lowest BCUT2D eigenvalue weighted by Crippen LogP contribution is -2.38. The van der Waals surface area contributed by atoms with Crippen LogP contribution in [0.3, 0.4) is 0 Å². The highest BCUT2D eigenvalue weighted by Crippen LogP contribution is 2.07. The van der Waals surface area contributed by atoms with E-state index in [4.69, 9.17) is 0 Å². The third-order valence-corrected chi connectivity index (χ3v) is 2.64. The standard InChI is InChI=1S/C11H20N2O/c1-3-4-7-11(14)13(2)9-10-6-5-8-12-10/h3,10,12H,1,4-9H2,2H3. The van der Waals surface area contributed by atoms with Gasteiger partial charge in [0.1, 0.15) is 0 Å². The summed E-state index contributed by atoms with van der Waals surface area (Å²) in [6, 6.07) is 0.507. The van der Waals surface area contributed by atoms with E-state index in [0.29, 0.717) is 12.5 Å². The van der Waals surface area contributed by atoms with Crippen molar-refractivity contribution in [1.82, 2.24) is 10.2 Å². The van der Waals surface area contributed by atoms with Crippen LogP contribution >= 0.6 is 0 Å². The first-order valence-corrected chi connectivity index (χ1v) is 5.32. The van der Waals surface area contributed by atoms with E-state index in [9.17, 15) is 4.79 Å². The molecule has 0 aromatic carbocycles. The molecule has 1 rings (SSSR count). The molecule has 1 fully saturated rings. The smallest absolute Gasteiger partial charge is 0.222 e. The van der Waals surface area contributed by atoms with Crippen molar-refractivity contribution in [3.8, 4) is 0 Å². The topological polar surface area (TPSA) is 32.3 Å².